The minimum absolute atomic E-state index is 0.167. The van der Waals surface area contributed by atoms with E-state index in [9.17, 15) is 4.79 Å². The van der Waals surface area contributed by atoms with Crippen molar-refractivity contribution in [2.75, 3.05) is 5.75 Å². The Balaban J connectivity index is 1.82. The second-order valence-electron chi connectivity index (χ2n) is 4.54. The summed E-state index contributed by atoms with van der Waals surface area (Å²) in [5, 5.41) is 9.83. The summed E-state index contributed by atoms with van der Waals surface area (Å²) in [7, 11) is 0. The topological polar surface area (TPSA) is 37.3 Å². The third kappa shape index (κ3) is 3.77. The summed E-state index contributed by atoms with van der Waals surface area (Å²) in [6, 6.07) is 6.52. The van der Waals surface area contributed by atoms with Crippen molar-refractivity contribution in [1.29, 1.82) is 0 Å². The van der Waals surface area contributed by atoms with Crippen LogP contribution in [0.1, 0.15) is 42.5 Å². The first-order chi connectivity index (χ1) is 8.25. The fraction of sp³-hybridized carbons (Fsp3) is 0.500. The maximum atomic E-state index is 11.9. The molecule has 2 nitrogen and oxygen atoms in total. The molecule has 92 valence electrons. The molecule has 1 aromatic rings. The molecular weight excluding hydrogens is 232 g/mol. The summed E-state index contributed by atoms with van der Waals surface area (Å²) in [4.78, 5) is 11.9. The molecule has 2 rings (SSSR count). The molecule has 1 aliphatic carbocycles. The van der Waals surface area contributed by atoms with Gasteiger partial charge in [-0.15, -0.1) is 0 Å². The highest BCUT2D eigenvalue weighted by Crippen LogP contribution is 2.28. The van der Waals surface area contributed by atoms with E-state index in [1.165, 1.54) is 32.1 Å². The predicted octanol–water partition coefficient (Wildman–Crippen LogP) is 3.64. The van der Waals surface area contributed by atoms with Gasteiger partial charge in [-0.3, -0.25) is 4.79 Å². The molecule has 1 aromatic carbocycles. The number of carbonyl (C=O) groups is 1. The van der Waals surface area contributed by atoms with Crippen LogP contribution in [0, 0.1) is 0 Å². The Labute approximate surface area is 106 Å². The summed E-state index contributed by atoms with van der Waals surface area (Å²) in [6.07, 6.45) is 6.49. The highest BCUT2D eigenvalue weighted by Gasteiger charge is 2.15. The van der Waals surface area contributed by atoms with E-state index in [0.29, 0.717) is 16.6 Å². The predicted molar refractivity (Wildman–Crippen MR) is 71.8 cm³/mol. The van der Waals surface area contributed by atoms with Crippen LogP contribution in [-0.2, 0) is 0 Å². The van der Waals surface area contributed by atoms with Crippen LogP contribution in [-0.4, -0.2) is 21.9 Å². The van der Waals surface area contributed by atoms with Gasteiger partial charge in [0.25, 0.3) is 0 Å². The molecule has 0 radical (unpaired) electrons. The van der Waals surface area contributed by atoms with E-state index in [2.05, 4.69) is 0 Å². The lowest BCUT2D eigenvalue weighted by molar-refractivity contribution is 0.102. The third-order valence-corrected chi connectivity index (χ3v) is 4.56. The average Bonchev–Trinajstić information content (AvgIpc) is 2.38. The van der Waals surface area contributed by atoms with E-state index < -0.39 is 0 Å². The first-order valence-electron chi connectivity index (χ1n) is 6.19. The van der Waals surface area contributed by atoms with Gasteiger partial charge < -0.3 is 5.11 Å². The number of benzene rings is 1. The molecule has 0 spiro atoms. The molecular formula is C14H18O2S. The van der Waals surface area contributed by atoms with Crippen LogP contribution in [0.15, 0.2) is 24.3 Å². The largest absolute Gasteiger partial charge is 0.508 e. The Hall–Kier alpha value is -0.960. The van der Waals surface area contributed by atoms with E-state index in [4.69, 9.17) is 5.11 Å². The zero-order chi connectivity index (χ0) is 12.1. The summed E-state index contributed by atoms with van der Waals surface area (Å²) < 4.78 is 0. The lowest BCUT2D eigenvalue weighted by atomic mass is 10.0. The van der Waals surface area contributed by atoms with Crippen molar-refractivity contribution in [1.82, 2.24) is 0 Å². The minimum atomic E-state index is 0.167. The molecule has 0 aliphatic heterocycles. The van der Waals surface area contributed by atoms with Gasteiger partial charge >= 0.3 is 0 Å². The number of hydrogen-bond donors (Lipinski definition) is 1. The summed E-state index contributed by atoms with van der Waals surface area (Å²) in [5.41, 5.74) is 0.700. The van der Waals surface area contributed by atoms with Crippen molar-refractivity contribution in [2.45, 2.75) is 37.4 Å². The van der Waals surface area contributed by atoms with Crippen LogP contribution >= 0.6 is 11.8 Å². The van der Waals surface area contributed by atoms with Crippen LogP contribution in [0.3, 0.4) is 0 Å². The Morgan fingerprint density at radius 1 is 1.18 bits per heavy atom. The van der Waals surface area contributed by atoms with Gasteiger partial charge in [-0.2, -0.15) is 11.8 Å². The molecule has 0 atom stereocenters. The van der Waals surface area contributed by atoms with Crippen molar-refractivity contribution >= 4 is 17.5 Å². The highest BCUT2D eigenvalue weighted by atomic mass is 32.2. The lowest BCUT2D eigenvalue weighted by Crippen LogP contribution is -2.12. The van der Waals surface area contributed by atoms with Gasteiger partial charge in [0.1, 0.15) is 5.75 Å². The zero-order valence-corrected chi connectivity index (χ0v) is 10.7. The number of rotatable bonds is 4. The number of ketones is 1. The van der Waals surface area contributed by atoms with Crippen LogP contribution < -0.4 is 0 Å². The highest BCUT2D eigenvalue weighted by molar-refractivity contribution is 8.00. The van der Waals surface area contributed by atoms with Gasteiger partial charge in [0.2, 0.25) is 0 Å². The normalized spacial score (nSPS) is 16.9. The number of Topliss-reactive ketones (excluding diaryl/α,β-unsaturated/α-hetero) is 1. The first-order valence-corrected chi connectivity index (χ1v) is 7.24. The standard InChI is InChI=1S/C14H18O2S/c15-12-8-6-11(7-9-12)14(16)10-17-13-4-2-1-3-5-13/h6-9,13,15H,1-5,10H2. The quantitative estimate of drug-likeness (QED) is 0.829. The molecule has 0 unspecified atom stereocenters. The molecule has 1 saturated carbocycles. The van der Waals surface area contributed by atoms with Gasteiger partial charge in [0.05, 0.1) is 5.75 Å². The molecule has 0 amide bonds. The van der Waals surface area contributed by atoms with E-state index in [-0.39, 0.29) is 11.5 Å². The Kier molecular flexibility index (Phi) is 4.49. The van der Waals surface area contributed by atoms with E-state index in [0.717, 1.165) is 0 Å². The second-order valence-corrected chi connectivity index (χ2v) is 5.83. The van der Waals surface area contributed by atoms with Gasteiger partial charge in [-0.25, -0.2) is 0 Å². The molecule has 1 fully saturated rings. The number of carbonyl (C=O) groups excluding carboxylic acids is 1. The van der Waals surface area contributed by atoms with Crippen LogP contribution in [0.4, 0.5) is 0 Å². The molecule has 0 saturated heterocycles. The Morgan fingerprint density at radius 3 is 2.47 bits per heavy atom. The molecule has 1 N–H and O–H groups in total. The maximum absolute atomic E-state index is 11.9. The number of thioether (sulfide) groups is 1. The van der Waals surface area contributed by atoms with Crippen LogP contribution in [0.25, 0.3) is 0 Å². The van der Waals surface area contributed by atoms with E-state index >= 15 is 0 Å². The number of hydrogen-bond acceptors (Lipinski definition) is 3. The SMILES string of the molecule is O=C(CSC1CCCCC1)c1ccc(O)cc1. The number of phenols is 1. The average molecular weight is 250 g/mol. The Bertz CT molecular complexity index is 366. The minimum Gasteiger partial charge on any atom is -0.508 e. The fourth-order valence-corrected chi connectivity index (χ4v) is 3.38. The number of aromatic hydroxyl groups is 1. The van der Waals surface area contributed by atoms with Crippen LogP contribution in [0.2, 0.25) is 0 Å². The summed E-state index contributed by atoms with van der Waals surface area (Å²) in [5.74, 6) is 0.942. The van der Waals surface area contributed by atoms with Gasteiger partial charge in [0, 0.05) is 10.8 Å². The van der Waals surface area contributed by atoms with Crippen LogP contribution in [0.5, 0.6) is 5.75 Å². The number of phenolic OH excluding ortho intramolecular Hbond substituents is 1. The van der Waals surface area contributed by atoms with Gasteiger partial charge in [-0.1, -0.05) is 19.3 Å². The van der Waals surface area contributed by atoms with Crippen molar-refractivity contribution in [3.05, 3.63) is 29.8 Å². The molecule has 17 heavy (non-hydrogen) atoms. The first kappa shape index (κ1) is 12.5. The zero-order valence-electron chi connectivity index (χ0n) is 9.89. The van der Waals surface area contributed by atoms with Gasteiger partial charge in [0.15, 0.2) is 5.78 Å². The van der Waals surface area contributed by atoms with Crippen molar-refractivity contribution < 1.29 is 9.90 Å². The summed E-state index contributed by atoms with van der Waals surface area (Å²) in [6.45, 7) is 0. The maximum Gasteiger partial charge on any atom is 0.172 e. The van der Waals surface area contributed by atoms with Gasteiger partial charge in [-0.05, 0) is 37.1 Å². The molecule has 0 heterocycles. The monoisotopic (exact) mass is 250 g/mol. The molecule has 0 bridgehead atoms. The Morgan fingerprint density at radius 2 is 1.82 bits per heavy atom. The third-order valence-electron chi connectivity index (χ3n) is 3.19. The van der Waals surface area contributed by atoms with Crippen molar-refractivity contribution in [3.8, 4) is 5.75 Å². The fourth-order valence-electron chi connectivity index (χ4n) is 2.16. The molecule has 0 aromatic heterocycles. The van der Waals surface area contributed by atoms with Crippen molar-refractivity contribution in [2.24, 2.45) is 0 Å². The second kappa shape index (κ2) is 6.10. The smallest absolute Gasteiger partial charge is 0.172 e. The van der Waals surface area contributed by atoms with E-state index in [1.807, 2.05) is 0 Å². The van der Waals surface area contributed by atoms with E-state index in [1.54, 1.807) is 36.0 Å². The van der Waals surface area contributed by atoms with Crippen molar-refractivity contribution in [3.63, 3.8) is 0 Å². The summed E-state index contributed by atoms with van der Waals surface area (Å²) >= 11 is 1.79. The lowest BCUT2D eigenvalue weighted by Gasteiger charge is -2.20. The molecule has 3 heteroatoms. The molecule has 1 aliphatic rings.